The highest BCUT2D eigenvalue weighted by molar-refractivity contribution is 5.86. The van der Waals surface area contributed by atoms with E-state index in [1.54, 1.807) is 0 Å². The van der Waals surface area contributed by atoms with Crippen LogP contribution in [0.25, 0.3) is 16.9 Å². The first-order valence-electron chi connectivity index (χ1n) is 6.12. The summed E-state index contributed by atoms with van der Waals surface area (Å²) in [6.45, 7) is 0. The van der Waals surface area contributed by atoms with E-state index in [4.69, 9.17) is 5.11 Å². The molecule has 1 aromatic carbocycles. The summed E-state index contributed by atoms with van der Waals surface area (Å²) in [5.74, 6) is -1.22. The molecule has 3 rings (SSSR count). The average Bonchev–Trinajstić information content (AvgIpc) is 2.89. The molecule has 0 aliphatic rings. The summed E-state index contributed by atoms with van der Waals surface area (Å²) in [5.41, 5.74) is -0.200. The van der Waals surface area contributed by atoms with E-state index in [0.29, 0.717) is 5.65 Å². The van der Waals surface area contributed by atoms with Gasteiger partial charge in [-0.25, -0.2) is 14.3 Å². The summed E-state index contributed by atoms with van der Waals surface area (Å²) in [6.07, 6.45) is -3.32. The zero-order chi connectivity index (χ0) is 15.9. The number of halogens is 3. The molecule has 5 nitrogen and oxygen atoms in total. The Morgan fingerprint density at radius 3 is 2.64 bits per heavy atom. The van der Waals surface area contributed by atoms with Gasteiger partial charge in [-0.15, -0.1) is 0 Å². The van der Waals surface area contributed by atoms with Crippen molar-refractivity contribution in [2.45, 2.75) is 6.18 Å². The molecule has 0 fully saturated rings. The van der Waals surface area contributed by atoms with Crippen molar-refractivity contribution in [1.29, 1.82) is 0 Å². The Morgan fingerprint density at radius 2 is 1.95 bits per heavy atom. The second-order valence-corrected chi connectivity index (χ2v) is 4.52. The lowest BCUT2D eigenvalue weighted by molar-refractivity contribution is -0.137. The Balaban J connectivity index is 2.14. The summed E-state index contributed by atoms with van der Waals surface area (Å²) >= 11 is 0. The molecule has 1 N–H and O–H groups in total. The number of imidazole rings is 1. The number of fused-ring (bicyclic) bond motifs is 1. The lowest BCUT2D eigenvalue weighted by Gasteiger charge is -2.08. The molecular weight excluding hydrogens is 299 g/mol. The van der Waals surface area contributed by atoms with Gasteiger partial charge in [-0.2, -0.15) is 18.3 Å². The molecule has 0 saturated carbocycles. The fourth-order valence-electron chi connectivity index (χ4n) is 2.03. The van der Waals surface area contributed by atoms with Gasteiger partial charge in [0.15, 0.2) is 11.3 Å². The summed E-state index contributed by atoms with van der Waals surface area (Å²) in [7, 11) is 0. The number of alkyl halides is 3. The molecule has 0 spiro atoms. The van der Waals surface area contributed by atoms with Gasteiger partial charge in [0.2, 0.25) is 0 Å². The van der Waals surface area contributed by atoms with Crippen LogP contribution in [0.15, 0.2) is 42.6 Å². The monoisotopic (exact) mass is 307 g/mol. The third-order valence-corrected chi connectivity index (χ3v) is 3.07. The normalized spacial score (nSPS) is 11.8. The van der Waals surface area contributed by atoms with E-state index in [1.165, 1.54) is 24.3 Å². The van der Waals surface area contributed by atoms with Gasteiger partial charge >= 0.3 is 12.1 Å². The van der Waals surface area contributed by atoms with Gasteiger partial charge in [0, 0.05) is 5.56 Å². The van der Waals surface area contributed by atoms with Crippen LogP contribution >= 0.6 is 0 Å². The largest absolute Gasteiger partial charge is 0.476 e. The van der Waals surface area contributed by atoms with Crippen molar-refractivity contribution >= 4 is 11.6 Å². The number of carbonyl (C=O) groups is 1. The highest BCUT2D eigenvalue weighted by Gasteiger charge is 2.30. The molecule has 0 aliphatic heterocycles. The van der Waals surface area contributed by atoms with Crippen molar-refractivity contribution in [3.8, 4) is 11.3 Å². The molecule has 0 atom stereocenters. The minimum absolute atomic E-state index is 0.163. The van der Waals surface area contributed by atoms with Crippen LogP contribution in [0.3, 0.4) is 0 Å². The Kier molecular flexibility index (Phi) is 3.09. The molecule has 22 heavy (non-hydrogen) atoms. The number of rotatable bonds is 2. The molecule has 0 bridgehead atoms. The maximum Gasteiger partial charge on any atom is 0.416 e. The number of benzene rings is 1. The lowest BCUT2D eigenvalue weighted by atomic mass is 10.1. The van der Waals surface area contributed by atoms with E-state index in [1.807, 2.05) is 0 Å². The van der Waals surface area contributed by atoms with Crippen molar-refractivity contribution in [3.05, 3.63) is 53.9 Å². The summed E-state index contributed by atoms with van der Waals surface area (Å²) in [4.78, 5) is 14.9. The number of nitrogens with zero attached hydrogens (tertiary/aromatic N) is 3. The molecule has 3 aromatic rings. The molecule has 2 aromatic heterocycles. The van der Waals surface area contributed by atoms with E-state index in [9.17, 15) is 18.0 Å². The molecule has 0 amide bonds. The van der Waals surface area contributed by atoms with Crippen molar-refractivity contribution in [3.63, 3.8) is 0 Å². The standard InChI is InChI=1S/C14H8F3N3O2/c15-14(16,17)9-3-1-2-8(6-9)10-4-5-12-18-7-11(13(21)22)20(12)19-10/h1-7H,(H,21,22). The van der Waals surface area contributed by atoms with Crippen molar-refractivity contribution in [2.24, 2.45) is 0 Å². The van der Waals surface area contributed by atoms with Crippen molar-refractivity contribution in [1.82, 2.24) is 14.6 Å². The van der Waals surface area contributed by atoms with Gasteiger partial charge in [0.25, 0.3) is 0 Å². The van der Waals surface area contributed by atoms with E-state index < -0.39 is 17.7 Å². The van der Waals surface area contributed by atoms with E-state index >= 15 is 0 Å². The fraction of sp³-hybridized carbons (Fsp3) is 0.0714. The summed E-state index contributed by atoms with van der Waals surface area (Å²) in [6, 6.07) is 7.66. The zero-order valence-corrected chi connectivity index (χ0v) is 10.9. The van der Waals surface area contributed by atoms with Gasteiger partial charge in [-0.05, 0) is 24.3 Å². The molecule has 2 heterocycles. The van der Waals surface area contributed by atoms with E-state index in [0.717, 1.165) is 22.8 Å². The predicted molar refractivity (Wildman–Crippen MR) is 70.4 cm³/mol. The second-order valence-electron chi connectivity index (χ2n) is 4.52. The van der Waals surface area contributed by atoms with Crippen LogP contribution in [0.4, 0.5) is 13.2 Å². The highest BCUT2D eigenvalue weighted by Crippen LogP contribution is 2.31. The van der Waals surface area contributed by atoms with Crippen LogP contribution in [-0.4, -0.2) is 25.7 Å². The van der Waals surface area contributed by atoms with Crippen LogP contribution < -0.4 is 0 Å². The topological polar surface area (TPSA) is 67.5 Å². The summed E-state index contributed by atoms with van der Waals surface area (Å²) < 4.78 is 39.3. The van der Waals surface area contributed by atoms with Crippen LogP contribution in [0.5, 0.6) is 0 Å². The third kappa shape index (κ3) is 2.39. The van der Waals surface area contributed by atoms with Gasteiger partial charge < -0.3 is 5.11 Å². The smallest absolute Gasteiger partial charge is 0.416 e. The minimum Gasteiger partial charge on any atom is -0.476 e. The predicted octanol–water partition coefficient (Wildman–Crippen LogP) is 3.11. The fourth-order valence-corrected chi connectivity index (χ4v) is 2.03. The number of carboxylic acids is 1. The summed E-state index contributed by atoms with van der Waals surface area (Å²) in [5, 5.41) is 13.1. The number of hydrogen-bond acceptors (Lipinski definition) is 3. The van der Waals surface area contributed by atoms with Crippen LogP contribution in [0.1, 0.15) is 16.1 Å². The van der Waals surface area contributed by atoms with Gasteiger partial charge in [0.1, 0.15) is 0 Å². The van der Waals surface area contributed by atoms with Crippen LogP contribution in [0.2, 0.25) is 0 Å². The first-order chi connectivity index (χ1) is 10.4. The maximum absolute atomic E-state index is 12.7. The highest BCUT2D eigenvalue weighted by atomic mass is 19.4. The average molecular weight is 307 g/mol. The van der Waals surface area contributed by atoms with Gasteiger partial charge in [-0.3, -0.25) is 0 Å². The first-order valence-corrected chi connectivity index (χ1v) is 6.12. The van der Waals surface area contributed by atoms with Crippen LogP contribution in [0, 0.1) is 0 Å². The number of hydrogen-bond donors (Lipinski definition) is 1. The van der Waals surface area contributed by atoms with Crippen LogP contribution in [-0.2, 0) is 6.18 Å². The molecule has 112 valence electrons. The second kappa shape index (κ2) is 4.83. The third-order valence-electron chi connectivity index (χ3n) is 3.07. The molecule has 8 heteroatoms. The van der Waals surface area contributed by atoms with Gasteiger partial charge in [-0.1, -0.05) is 12.1 Å². The Hall–Kier alpha value is -2.90. The van der Waals surface area contributed by atoms with E-state index in [2.05, 4.69) is 10.1 Å². The molecule has 0 unspecified atom stereocenters. The molecule has 0 aliphatic carbocycles. The first kappa shape index (κ1) is 14.1. The van der Waals surface area contributed by atoms with Crippen molar-refractivity contribution in [2.75, 3.05) is 0 Å². The quantitative estimate of drug-likeness (QED) is 0.790. The SMILES string of the molecule is O=C(O)c1cnc2ccc(-c3cccc(C(F)(F)F)c3)nn12. The van der Waals surface area contributed by atoms with Crippen molar-refractivity contribution < 1.29 is 23.1 Å². The molecular formula is C14H8F3N3O2. The molecule has 0 radical (unpaired) electrons. The number of aromatic nitrogens is 3. The Bertz CT molecular complexity index is 871. The van der Waals surface area contributed by atoms with E-state index in [-0.39, 0.29) is 17.0 Å². The number of aromatic carboxylic acids is 1. The Morgan fingerprint density at radius 1 is 1.18 bits per heavy atom. The Labute approximate surface area is 121 Å². The lowest BCUT2D eigenvalue weighted by Crippen LogP contribution is -2.06. The van der Waals surface area contributed by atoms with Gasteiger partial charge in [0.05, 0.1) is 17.5 Å². The molecule has 0 saturated heterocycles. The maximum atomic E-state index is 12.7. The zero-order valence-electron chi connectivity index (χ0n) is 10.9. The number of carboxylic acid groups (broad SMARTS) is 1. The minimum atomic E-state index is -4.46.